The van der Waals surface area contributed by atoms with E-state index < -0.39 is 0 Å². The second-order valence-electron chi connectivity index (χ2n) is 3.81. The van der Waals surface area contributed by atoms with E-state index in [2.05, 4.69) is 0 Å². The van der Waals surface area contributed by atoms with Crippen molar-refractivity contribution in [3.05, 3.63) is 53.3 Å². The zero-order valence-electron chi connectivity index (χ0n) is 10.1. The Morgan fingerprint density at radius 2 is 1.89 bits per heavy atom. The molecule has 0 aliphatic carbocycles. The van der Waals surface area contributed by atoms with Crippen molar-refractivity contribution in [2.24, 2.45) is 0 Å². The van der Waals surface area contributed by atoms with Crippen molar-refractivity contribution in [3.8, 4) is 5.75 Å². The number of rotatable bonds is 5. The minimum atomic E-state index is -0.273. The first-order valence-corrected chi connectivity index (χ1v) is 7.08. The van der Waals surface area contributed by atoms with E-state index in [9.17, 15) is 4.39 Å². The van der Waals surface area contributed by atoms with Gasteiger partial charge in [0.1, 0.15) is 11.6 Å². The van der Waals surface area contributed by atoms with Gasteiger partial charge in [-0.15, -0.1) is 11.8 Å². The maximum atomic E-state index is 12.7. The highest BCUT2D eigenvalue weighted by molar-refractivity contribution is 7.99. The van der Waals surface area contributed by atoms with Gasteiger partial charge in [0.2, 0.25) is 0 Å². The maximum Gasteiger partial charge on any atom is 0.123 e. The summed E-state index contributed by atoms with van der Waals surface area (Å²) < 4.78 is 18.2. The van der Waals surface area contributed by atoms with E-state index in [0.29, 0.717) is 28.8 Å². The lowest BCUT2D eigenvalue weighted by atomic mass is 10.3. The van der Waals surface area contributed by atoms with Crippen LogP contribution in [-0.2, 0) is 0 Å². The lowest BCUT2D eigenvalue weighted by Crippen LogP contribution is -2.00. The Bertz CT molecular complexity index is 527. The van der Waals surface area contributed by atoms with Crippen molar-refractivity contribution in [3.63, 3.8) is 0 Å². The molecule has 0 heterocycles. The summed E-state index contributed by atoms with van der Waals surface area (Å²) >= 11 is 7.60. The Morgan fingerprint density at radius 3 is 2.58 bits per heavy atom. The van der Waals surface area contributed by atoms with Gasteiger partial charge < -0.3 is 10.5 Å². The largest absolute Gasteiger partial charge is 0.493 e. The van der Waals surface area contributed by atoms with Crippen LogP contribution in [0.15, 0.2) is 47.4 Å². The van der Waals surface area contributed by atoms with Gasteiger partial charge in [-0.1, -0.05) is 17.7 Å². The quantitative estimate of drug-likeness (QED) is 0.509. The summed E-state index contributed by atoms with van der Waals surface area (Å²) in [5.74, 6) is 1.09. The topological polar surface area (TPSA) is 35.2 Å². The van der Waals surface area contributed by atoms with E-state index in [4.69, 9.17) is 22.1 Å². The molecule has 0 atom stereocenters. The highest BCUT2D eigenvalue weighted by atomic mass is 35.5. The molecule has 0 amide bonds. The predicted octanol–water partition coefficient (Wildman–Crippen LogP) is 4.23. The monoisotopic (exact) mass is 297 g/mol. The molecular weight excluding hydrogens is 285 g/mol. The van der Waals surface area contributed by atoms with E-state index in [-0.39, 0.29) is 5.82 Å². The molecule has 0 fully saturated rings. The van der Waals surface area contributed by atoms with Crippen molar-refractivity contribution in [2.45, 2.75) is 4.90 Å². The molecule has 2 rings (SSSR count). The number of benzene rings is 2. The smallest absolute Gasteiger partial charge is 0.123 e. The molecule has 2 nitrogen and oxygen atoms in total. The molecule has 0 radical (unpaired) electrons. The standard InChI is InChI=1S/C14H13ClFNOS/c15-12-2-1-3-13(17)14(12)19-9-8-18-11-6-4-10(16)5-7-11/h1-7H,8-9,17H2. The van der Waals surface area contributed by atoms with Crippen LogP contribution in [-0.4, -0.2) is 12.4 Å². The molecule has 0 aliphatic heterocycles. The van der Waals surface area contributed by atoms with Gasteiger partial charge in [-0.25, -0.2) is 4.39 Å². The van der Waals surface area contributed by atoms with Gasteiger partial charge >= 0.3 is 0 Å². The average molecular weight is 298 g/mol. The summed E-state index contributed by atoms with van der Waals surface area (Å²) in [5, 5.41) is 0.645. The molecule has 2 N–H and O–H groups in total. The number of ether oxygens (including phenoxy) is 1. The van der Waals surface area contributed by atoms with E-state index in [0.717, 1.165) is 4.90 Å². The third kappa shape index (κ3) is 4.04. The molecule has 0 saturated heterocycles. The number of nitrogens with two attached hydrogens (primary N) is 1. The Labute approximate surface area is 120 Å². The fraction of sp³-hybridized carbons (Fsp3) is 0.143. The summed E-state index contributed by atoms with van der Waals surface area (Å²) in [5.41, 5.74) is 6.51. The molecule has 0 aliphatic rings. The Morgan fingerprint density at radius 1 is 1.16 bits per heavy atom. The Kier molecular flexibility index (Phi) is 4.93. The Hall–Kier alpha value is -1.39. The van der Waals surface area contributed by atoms with Gasteiger partial charge in [-0.05, 0) is 36.4 Å². The van der Waals surface area contributed by atoms with E-state index in [1.54, 1.807) is 30.0 Å². The van der Waals surface area contributed by atoms with Gasteiger partial charge in [0.15, 0.2) is 0 Å². The minimum absolute atomic E-state index is 0.273. The summed E-state index contributed by atoms with van der Waals surface area (Å²) in [6.45, 7) is 0.501. The van der Waals surface area contributed by atoms with Crippen LogP contribution in [0.3, 0.4) is 0 Å². The number of anilines is 1. The first-order chi connectivity index (χ1) is 9.16. The Balaban J connectivity index is 1.82. The summed E-state index contributed by atoms with van der Waals surface area (Å²) in [4.78, 5) is 0.867. The van der Waals surface area contributed by atoms with Crippen LogP contribution < -0.4 is 10.5 Å². The molecule has 0 aromatic heterocycles. The van der Waals surface area contributed by atoms with Crippen molar-refractivity contribution >= 4 is 29.1 Å². The van der Waals surface area contributed by atoms with Crippen molar-refractivity contribution in [2.75, 3.05) is 18.1 Å². The summed E-state index contributed by atoms with van der Waals surface area (Å²) in [7, 11) is 0. The molecule has 19 heavy (non-hydrogen) atoms. The molecule has 0 unspecified atom stereocenters. The molecule has 2 aromatic carbocycles. The molecule has 0 saturated carbocycles. The summed E-state index contributed by atoms with van der Waals surface area (Å²) in [6, 6.07) is 11.4. The third-order valence-corrected chi connectivity index (χ3v) is 3.95. The van der Waals surface area contributed by atoms with Crippen LogP contribution in [0.2, 0.25) is 5.02 Å². The van der Waals surface area contributed by atoms with Crippen LogP contribution in [0.25, 0.3) is 0 Å². The number of thioether (sulfide) groups is 1. The molecular formula is C14H13ClFNOS. The van der Waals surface area contributed by atoms with Gasteiger partial charge in [0, 0.05) is 16.3 Å². The summed E-state index contributed by atoms with van der Waals surface area (Å²) in [6.07, 6.45) is 0. The van der Waals surface area contributed by atoms with Crippen LogP contribution in [0.4, 0.5) is 10.1 Å². The average Bonchev–Trinajstić information content (AvgIpc) is 2.39. The lowest BCUT2D eigenvalue weighted by Gasteiger charge is -2.08. The second-order valence-corrected chi connectivity index (χ2v) is 5.32. The van der Waals surface area contributed by atoms with Gasteiger partial charge in [-0.3, -0.25) is 0 Å². The van der Waals surface area contributed by atoms with Crippen molar-refractivity contribution < 1.29 is 9.13 Å². The number of hydrogen-bond acceptors (Lipinski definition) is 3. The third-order valence-electron chi connectivity index (χ3n) is 2.41. The normalized spacial score (nSPS) is 10.4. The van der Waals surface area contributed by atoms with Gasteiger partial charge in [0.25, 0.3) is 0 Å². The van der Waals surface area contributed by atoms with Crippen LogP contribution in [0, 0.1) is 5.82 Å². The van der Waals surface area contributed by atoms with Crippen LogP contribution in [0.1, 0.15) is 0 Å². The van der Waals surface area contributed by atoms with Crippen LogP contribution in [0.5, 0.6) is 5.75 Å². The number of halogens is 2. The minimum Gasteiger partial charge on any atom is -0.493 e. The SMILES string of the molecule is Nc1cccc(Cl)c1SCCOc1ccc(F)cc1. The number of nitrogen functional groups attached to an aromatic ring is 1. The molecule has 0 spiro atoms. The first-order valence-electron chi connectivity index (χ1n) is 5.72. The fourth-order valence-electron chi connectivity index (χ4n) is 1.51. The van der Waals surface area contributed by atoms with Crippen molar-refractivity contribution in [1.29, 1.82) is 0 Å². The lowest BCUT2D eigenvalue weighted by molar-refractivity contribution is 0.343. The van der Waals surface area contributed by atoms with E-state index >= 15 is 0 Å². The zero-order valence-corrected chi connectivity index (χ0v) is 11.7. The van der Waals surface area contributed by atoms with Gasteiger partial charge in [-0.2, -0.15) is 0 Å². The zero-order chi connectivity index (χ0) is 13.7. The van der Waals surface area contributed by atoms with Crippen molar-refractivity contribution in [1.82, 2.24) is 0 Å². The van der Waals surface area contributed by atoms with Crippen LogP contribution >= 0.6 is 23.4 Å². The maximum absolute atomic E-state index is 12.7. The fourth-order valence-corrected chi connectivity index (χ4v) is 2.67. The number of hydrogen-bond donors (Lipinski definition) is 1. The predicted molar refractivity (Wildman–Crippen MR) is 78.5 cm³/mol. The second kappa shape index (κ2) is 6.68. The molecule has 2 aromatic rings. The molecule has 5 heteroatoms. The highest BCUT2D eigenvalue weighted by Gasteiger charge is 2.05. The van der Waals surface area contributed by atoms with E-state index in [1.807, 2.05) is 12.1 Å². The molecule has 100 valence electrons. The highest BCUT2D eigenvalue weighted by Crippen LogP contribution is 2.32. The van der Waals surface area contributed by atoms with E-state index in [1.165, 1.54) is 12.1 Å². The molecule has 0 bridgehead atoms. The first kappa shape index (κ1) is 14.0. The van der Waals surface area contributed by atoms with Gasteiger partial charge in [0.05, 0.1) is 11.6 Å².